The summed E-state index contributed by atoms with van der Waals surface area (Å²) >= 11 is 3.60. The molecule has 5 heteroatoms. The number of hydrogen-bond donors (Lipinski definition) is 0. The lowest BCUT2D eigenvalue weighted by Crippen LogP contribution is -2.11. The van der Waals surface area contributed by atoms with Crippen molar-refractivity contribution in [2.24, 2.45) is 0 Å². The van der Waals surface area contributed by atoms with Gasteiger partial charge in [0.2, 0.25) is 0 Å². The summed E-state index contributed by atoms with van der Waals surface area (Å²) in [6, 6.07) is 64.9. The van der Waals surface area contributed by atoms with Gasteiger partial charge in [0.15, 0.2) is 0 Å². The lowest BCUT2D eigenvalue weighted by Gasteiger charge is -2.28. The average molecular weight is 727 g/mol. The van der Waals surface area contributed by atoms with Crippen LogP contribution in [0, 0.1) is 0 Å². The Morgan fingerprint density at radius 2 is 1.09 bits per heavy atom. The molecule has 0 aliphatic carbocycles. The van der Waals surface area contributed by atoms with Crippen LogP contribution in [0.25, 0.3) is 85.2 Å². The molecule has 0 atom stereocenters. The number of nitrogens with zero attached hydrogens (tertiary/aromatic N) is 2. The van der Waals surface area contributed by atoms with Gasteiger partial charge in [-0.2, -0.15) is 0 Å². The van der Waals surface area contributed by atoms with Crippen molar-refractivity contribution in [2.45, 2.75) is 0 Å². The lowest BCUT2D eigenvalue weighted by atomic mass is 10.00. The molecule has 0 spiro atoms. The van der Waals surface area contributed by atoms with Crippen molar-refractivity contribution in [1.82, 2.24) is 4.98 Å². The molecule has 3 aromatic heterocycles. The third-order valence-corrected chi connectivity index (χ3v) is 12.5. The molecule has 254 valence electrons. The van der Waals surface area contributed by atoms with Gasteiger partial charge in [-0.25, -0.2) is 4.98 Å². The quantitative estimate of drug-likeness (QED) is 0.171. The van der Waals surface area contributed by atoms with E-state index in [9.17, 15) is 0 Å². The summed E-state index contributed by atoms with van der Waals surface area (Å²) in [6.45, 7) is 0. The Morgan fingerprint density at radius 3 is 1.94 bits per heavy atom. The van der Waals surface area contributed by atoms with Gasteiger partial charge in [0.1, 0.15) is 16.2 Å². The molecule has 0 saturated carbocycles. The summed E-state index contributed by atoms with van der Waals surface area (Å²) in [4.78, 5) is 7.54. The fourth-order valence-corrected chi connectivity index (χ4v) is 9.82. The number of rotatable bonds is 6. The van der Waals surface area contributed by atoms with Crippen molar-refractivity contribution in [3.8, 4) is 32.8 Å². The second kappa shape index (κ2) is 12.6. The van der Waals surface area contributed by atoms with Crippen LogP contribution in [0.4, 0.5) is 17.1 Å². The summed E-state index contributed by atoms with van der Waals surface area (Å²) in [5.74, 6) is 0. The molecular formula is C49H30N2OS2. The number of furan rings is 1. The fourth-order valence-electron chi connectivity index (χ4n) is 7.75. The summed E-state index contributed by atoms with van der Waals surface area (Å²) in [7, 11) is 0. The molecule has 0 fully saturated rings. The zero-order chi connectivity index (χ0) is 35.6. The Labute approximate surface area is 319 Å². The van der Waals surface area contributed by atoms with Gasteiger partial charge >= 0.3 is 0 Å². The van der Waals surface area contributed by atoms with Crippen LogP contribution in [0.5, 0.6) is 0 Å². The van der Waals surface area contributed by atoms with Crippen LogP contribution in [-0.2, 0) is 0 Å². The molecular weight excluding hydrogens is 697 g/mol. The average Bonchev–Trinajstić information content (AvgIpc) is 3.95. The highest BCUT2D eigenvalue weighted by atomic mass is 32.1. The highest BCUT2D eigenvalue weighted by Gasteiger charge is 2.20. The monoisotopic (exact) mass is 726 g/mol. The molecule has 54 heavy (non-hydrogen) atoms. The molecule has 3 nitrogen and oxygen atoms in total. The first-order valence-corrected chi connectivity index (χ1v) is 19.7. The van der Waals surface area contributed by atoms with Gasteiger partial charge < -0.3 is 9.32 Å². The Hall–Kier alpha value is -6.53. The SMILES string of the molecule is c1ccc(-c2nc3c(ccc4sc5ccc(-c6ccc(N(c7ccc8c(c7)oc7ccccc78)c7ccccc7-c7ccccc7)cc6)cc5c43)s2)cc1. The van der Waals surface area contributed by atoms with E-state index >= 15 is 0 Å². The van der Waals surface area contributed by atoms with E-state index in [1.807, 2.05) is 23.5 Å². The normalized spacial score (nSPS) is 11.7. The Balaban J connectivity index is 1.03. The molecule has 0 N–H and O–H groups in total. The van der Waals surface area contributed by atoms with E-state index in [1.54, 1.807) is 11.3 Å². The fraction of sp³-hybridized carbons (Fsp3) is 0. The van der Waals surface area contributed by atoms with Gasteiger partial charge in [-0.3, -0.25) is 0 Å². The molecule has 11 rings (SSSR count). The smallest absolute Gasteiger partial charge is 0.137 e. The minimum Gasteiger partial charge on any atom is -0.456 e. The van der Waals surface area contributed by atoms with Crippen LogP contribution < -0.4 is 4.90 Å². The molecule has 0 bridgehead atoms. The number of aromatic nitrogens is 1. The van der Waals surface area contributed by atoms with E-state index < -0.39 is 0 Å². The molecule has 0 unspecified atom stereocenters. The predicted molar refractivity (Wildman–Crippen MR) is 231 cm³/mol. The minimum atomic E-state index is 0.869. The largest absolute Gasteiger partial charge is 0.456 e. The first-order valence-electron chi connectivity index (χ1n) is 18.0. The van der Waals surface area contributed by atoms with Crippen molar-refractivity contribution in [1.29, 1.82) is 0 Å². The van der Waals surface area contributed by atoms with Crippen molar-refractivity contribution in [3.05, 3.63) is 182 Å². The van der Waals surface area contributed by atoms with E-state index in [1.165, 1.54) is 41.6 Å². The summed E-state index contributed by atoms with van der Waals surface area (Å²) in [5, 5.41) is 5.80. The van der Waals surface area contributed by atoms with Crippen LogP contribution >= 0.6 is 22.7 Å². The maximum Gasteiger partial charge on any atom is 0.137 e. The number of benzene rings is 8. The topological polar surface area (TPSA) is 29.3 Å². The molecule has 11 aromatic rings. The third kappa shape index (κ3) is 5.12. The number of para-hydroxylation sites is 2. The van der Waals surface area contributed by atoms with Crippen LogP contribution in [0.15, 0.2) is 186 Å². The number of fused-ring (bicyclic) bond motifs is 8. The van der Waals surface area contributed by atoms with Crippen molar-refractivity contribution in [2.75, 3.05) is 4.90 Å². The van der Waals surface area contributed by atoms with E-state index in [2.05, 4.69) is 175 Å². The highest BCUT2D eigenvalue weighted by molar-refractivity contribution is 7.26. The van der Waals surface area contributed by atoms with Gasteiger partial charge in [-0.05, 0) is 77.4 Å². The summed E-state index contributed by atoms with van der Waals surface area (Å²) in [6.07, 6.45) is 0. The van der Waals surface area contributed by atoms with Crippen molar-refractivity contribution < 1.29 is 4.42 Å². The highest BCUT2D eigenvalue weighted by Crippen LogP contribution is 2.45. The zero-order valence-corrected chi connectivity index (χ0v) is 30.6. The van der Waals surface area contributed by atoms with E-state index in [-0.39, 0.29) is 0 Å². The zero-order valence-electron chi connectivity index (χ0n) is 28.9. The maximum absolute atomic E-state index is 6.39. The molecule has 8 aromatic carbocycles. The van der Waals surface area contributed by atoms with E-state index in [0.29, 0.717) is 0 Å². The van der Waals surface area contributed by atoms with E-state index in [0.717, 1.165) is 60.7 Å². The Morgan fingerprint density at radius 1 is 0.426 bits per heavy atom. The van der Waals surface area contributed by atoms with Crippen LogP contribution in [0.1, 0.15) is 0 Å². The van der Waals surface area contributed by atoms with Gasteiger partial charge in [0.05, 0.1) is 15.9 Å². The first kappa shape index (κ1) is 31.0. The molecule has 3 heterocycles. The van der Waals surface area contributed by atoms with Gasteiger partial charge in [-0.15, -0.1) is 22.7 Å². The number of hydrogen-bond acceptors (Lipinski definition) is 5. The van der Waals surface area contributed by atoms with Crippen molar-refractivity contribution >= 4 is 92.1 Å². The summed E-state index contributed by atoms with van der Waals surface area (Å²) < 4.78 is 10.1. The molecule has 0 saturated heterocycles. The third-order valence-electron chi connectivity index (χ3n) is 10.3. The molecule has 0 aliphatic heterocycles. The maximum atomic E-state index is 6.39. The standard InChI is InChI=1S/C49H30N2OS2/c1-3-11-32(12-4-1)37-15-7-9-17-41(37)51(36-24-25-39-38-16-8-10-18-42(38)52-43(39)30-36)35-22-19-31(20-23-35)34-21-26-44-40(29-34)47-45(53-44)27-28-46-48(47)50-49(54-46)33-13-5-2-6-14-33/h1-30H. The molecule has 0 amide bonds. The van der Waals surface area contributed by atoms with Gasteiger partial charge in [0.25, 0.3) is 0 Å². The number of thiophene rings is 1. The Bertz CT molecular complexity index is 3160. The van der Waals surface area contributed by atoms with Crippen LogP contribution in [0.3, 0.4) is 0 Å². The second-order valence-corrected chi connectivity index (χ2v) is 15.6. The second-order valence-electron chi connectivity index (χ2n) is 13.5. The van der Waals surface area contributed by atoms with E-state index in [4.69, 9.17) is 9.40 Å². The minimum absolute atomic E-state index is 0.869. The molecule has 0 radical (unpaired) electrons. The van der Waals surface area contributed by atoms with Crippen molar-refractivity contribution in [3.63, 3.8) is 0 Å². The van der Waals surface area contributed by atoms with Gasteiger partial charge in [-0.1, -0.05) is 115 Å². The van der Waals surface area contributed by atoms with Crippen LogP contribution in [-0.4, -0.2) is 4.98 Å². The number of anilines is 3. The van der Waals surface area contributed by atoms with Crippen LogP contribution in [0.2, 0.25) is 0 Å². The van der Waals surface area contributed by atoms with Gasteiger partial charge in [0, 0.05) is 59.5 Å². The predicted octanol–water partition coefficient (Wildman–Crippen LogP) is 15.0. The lowest BCUT2D eigenvalue weighted by molar-refractivity contribution is 0.669. The number of thiazole rings is 1. The Kier molecular flexibility index (Phi) is 7.22. The molecule has 0 aliphatic rings. The summed E-state index contributed by atoms with van der Waals surface area (Å²) in [5.41, 5.74) is 11.9. The first-order chi connectivity index (χ1) is 26.7.